The molecule has 0 heterocycles. The highest BCUT2D eigenvalue weighted by Gasteiger charge is 2.33. The monoisotopic (exact) mass is 188 g/mol. The molecule has 0 saturated heterocycles. The second kappa shape index (κ2) is 3.59. The largest absolute Gasteiger partial charge is 0.390 e. The summed E-state index contributed by atoms with van der Waals surface area (Å²) >= 11 is 4.54. The lowest BCUT2D eigenvalue weighted by molar-refractivity contribution is -0.00310. The Labute approximate surface area is 81.0 Å². The van der Waals surface area contributed by atoms with Gasteiger partial charge in [-0.3, -0.25) is 0 Å². The predicted octanol–water partition coefficient (Wildman–Crippen LogP) is 2.49. The Morgan fingerprint density at radius 1 is 1.33 bits per heavy atom. The minimum Gasteiger partial charge on any atom is -0.390 e. The highest BCUT2D eigenvalue weighted by molar-refractivity contribution is 7.81. The van der Waals surface area contributed by atoms with Crippen LogP contribution < -0.4 is 0 Å². The molecule has 1 rings (SSSR count). The fourth-order valence-electron chi connectivity index (χ4n) is 1.94. The van der Waals surface area contributed by atoms with Crippen LogP contribution in [-0.4, -0.2) is 16.0 Å². The van der Waals surface area contributed by atoms with Gasteiger partial charge in [0, 0.05) is 5.25 Å². The maximum absolute atomic E-state index is 9.81. The van der Waals surface area contributed by atoms with Gasteiger partial charge in [0.25, 0.3) is 0 Å². The fourth-order valence-corrected chi connectivity index (χ4v) is 2.34. The lowest BCUT2D eigenvalue weighted by atomic mass is 9.75. The van der Waals surface area contributed by atoms with Gasteiger partial charge < -0.3 is 5.11 Å². The van der Waals surface area contributed by atoms with Crippen LogP contribution in [0.2, 0.25) is 0 Å². The highest BCUT2D eigenvalue weighted by Crippen LogP contribution is 2.37. The van der Waals surface area contributed by atoms with Crippen molar-refractivity contribution in [3.05, 3.63) is 0 Å². The Morgan fingerprint density at radius 2 is 1.92 bits per heavy atom. The van der Waals surface area contributed by atoms with Gasteiger partial charge in [0.15, 0.2) is 0 Å². The van der Waals surface area contributed by atoms with E-state index < -0.39 is 5.60 Å². The van der Waals surface area contributed by atoms with Crippen molar-refractivity contribution in [3.8, 4) is 0 Å². The van der Waals surface area contributed by atoms with Gasteiger partial charge in [-0.1, -0.05) is 6.92 Å². The Balaban J connectivity index is 2.51. The summed E-state index contributed by atoms with van der Waals surface area (Å²) in [7, 11) is 0. The van der Waals surface area contributed by atoms with Crippen LogP contribution in [-0.2, 0) is 0 Å². The van der Waals surface area contributed by atoms with Crippen LogP contribution >= 0.6 is 12.6 Å². The molecule has 1 fully saturated rings. The molecule has 0 radical (unpaired) electrons. The Hall–Kier alpha value is 0.310. The number of thiol groups is 1. The third-order valence-corrected chi connectivity index (χ3v) is 3.87. The highest BCUT2D eigenvalue weighted by atomic mass is 32.1. The number of hydrogen-bond acceptors (Lipinski definition) is 2. The minimum absolute atomic E-state index is 0.441. The molecule has 1 saturated carbocycles. The van der Waals surface area contributed by atoms with E-state index >= 15 is 0 Å². The number of aliphatic hydroxyl groups is 1. The van der Waals surface area contributed by atoms with Gasteiger partial charge in [0.1, 0.15) is 0 Å². The first-order valence-corrected chi connectivity index (χ1v) is 5.33. The number of hydrogen-bond donors (Lipinski definition) is 2. The van der Waals surface area contributed by atoms with Gasteiger partial charge in [-0.2, -0.15) is 12.6 Å². The molecule has 1 aliphatic rings. The second-order valence-corrected chi connectivity index (χ2v) is 5.37. The van der Waals surface area contributed by atoms with E-state index in [2.05, 4.69) is 19.6 Å². The molecule has 3 atom stereocenters. The van der Waals surface area contributed by atoms with E-state index in [-0.39, 0.29) is 0 Å². The third kappa shape index (κ3) is 2.40. The standard InChI is InChI=1S/C10H20OS/c1-7-4-5-8(6-9(7)12)10(2,3)11/h7-9,11-12H,4-6H2,1-3H3/t7?,8-,9?/m0/s1. The van der Waals surface area contributed by atoms with Crippen molar-refractivity contribution in [2.24, 2.45) is 11.8 Å². The summed E-state index contributed by atoms with van der Waals surface area (Å²) in [5, 5.41) is 10.3. The molecule has 2 unspecified atom stereocenters. The third-order valence-electron chi connectivity index (χ3n) is 3.15. The molecule has 1 aliphatic carbocycles. The van der Waals surface area contributed by atoms with Crippen molar-refractivity contribution in [1.82, 2.24) is 0 Å². The van der Waals surface area contributed by atoms with Crippen LogP contribution in [0.15, 0.2) is 0 Å². The Bertz CT molecular complexity index is 150. The summed E-state index contributed by atoms with van der Waals surface area (Å²) < 4.78 is 0. The molecule has 0 aromatic carbocycles. The zero-order valence-electron chi connectivity index (χ0n) is 8.25. The summed E-state index contributed by atoms with van der Waals surface area (Å²) in [6, 6.07) is 0. The molecule has 2 heteroatoms. The zero-order valence-corrected chi connectivity index (χ0v) is 9.14. The first kappa shape index (κ1) is 10.4. The van der Waals surface area contributed by atoms with Crippen molar-refractivity contribution in [3.63, 3.8) is 0 Å². The van der Waals surface area contributed by atoms with Crippen LogP contribution in [0.4, 0.5) is 0 Å². The molecular weight excluding hydrogens is 168 g/mol. The molecule has 1 nitrogen and oxygen atoms in total. The molecule has 0 aliphatic heterocycles. The molecule has 0 amide bonds. The van der Waals surface area contributed by atoms with Crippen LogP contribution in [0.3, 0.4) is 0 Å². The average Bonchev–Trinajstić information content (AvgIpc) is 1.92. The first-order valence-electron chi connectivity index (χ1n) is 4.81. The molecule has 0 bridgehead atoms. The van der Waals surface area contributed by atoms with Crippen molar-refractivity contribution in [1.29, 1.82) is 0 Å². The summed E-state index contributed by atoms with van der Waals surface area (Å²) in [5.74, 6) is 1.16. The SMILES string of the molecule is CC1CC[C@H](C(C)(C)O)CC1S. The quantitative estimate of drug-likeness (QED) is 0.606. The molecule has 72 valence electrons. The van der Waals surface area contributed by atoms with E-state index in [4.69, 9.17) is 0 Å². The van der Waals surface area contributed by atoms with Crippen LogP contribution in [0, 0.1) is 11.8 Å². The average molecular weight is 188 g/mol. The first-order chi connectivity index (χ1) is 5.41. The van der Waals surface area contributed by atoms with Crippen molar-refractivity contribution in [2.75, 3.05) is 0 Å². The van der Waals surface area contributed by atoms with Gasteiger partial charge >= 0.3 is 0 Å². The van der Waals surface area contributed by atoms with Gasteiger partial charge in [0.2, 0.25) is 0 Å². The molecule has 12 heavy (non-hydrogen) atoms. The van der Waals surface area contributed by atoms with Crippen molar-refractivity contribution in [2.45, 2.75) is 50.9 Å². The van der Waals surface area contributed by atoms with E-state index in [0.717, 1.165) is 12.8 Å². The van der Waals surface area contributed by atoms with Gasteiger partial charge in [-0.05, 0) is 44.9 Å². The maximum atomic E-state index is 9.81. The summed E-state index contributed by atoms with van der Waals surface area (Å²) in [5.41, 5.74) is -0.513. The maximum Gasteiger partial charge on any atom is 0.0620 e. The minimum atomic E-state index is -0.513. The molecule has 1 N–H and O–H groups in total. The Morgan fingerprint density at radius 3 is 2.33 bits per heavy atom. The Kier molecular flexibility index (Phi) is 3.11. The van der Waals surface area contributed by atoms with Gasteiger partial charge in [-0.15, -0.1) is 0 Å². The van der Waals surface area contributed by atoms with E-state index in [9.17, 15) is 5.11 Å². The van der Waals surface area contributed by atoms with E-state index in [0.29, 0.717) is 17.1 Å². The van der Waals surface area contributed by atoms with E-state index in [1.165, 1.54) is 6.42 Å². The van der Waals surface area contributed by atoms with E-state index in [1.807, 2.05) is 13.8 Å². The number of rotatable bonds is 1. The van der Waals surface area contributed by atoms with Gasteiger partial charge in [-0.25, -0.2) is 0 Å². The molecular formula is C10H20OS. The van der Waals surface area contributed by atoms with Crippen LogP contribution in [0.5, 0.6) is 0 Å². The second-order valence-electron chi connectivity index (χ2n) is 4.71. The lowest BCUT2D eigenvalue weighted by Gasteiger charge is -2.38. The van der Waals surface area contributed by atoms with Crippen molar-refractivity contribution >= 4 is 12.6 Å². The summed E-state index contributed by atoms with van der Waals surface area (Å²) in [4.78, 5) is 0. The normalized spacial score (nSPS) is 38.2. The topological polar surface area (TPSA) is 20.2 Å². The molecule has 0 aromatic heterocycles. The van der Waals surface area contributed by atoms with Crippen LogP contribution in [0.25, 0.3) is 0 Å². The van der Waals surface area contributed by atoms with Crippen molar-refractivity contribution < 1.29 is 5.11 Å². The van der Waals surface area contributed by atoms with E-state index in [1.54, 1.807) is 0 Å². The molecule has 0 spiro atoms. The zero-order chi connectivity index (χ0) is 9.35. The lowest BCUT2D eigenvalue weighted by Crippen LogP contribution is -2.37. The van der Waals surface area contributed by atoms with Gasteiger partial charge in [0.05, 0.1) is 5.60 Å². The summed E-state index contributed by atoms with van der Waals surface area (Å²) in [6.07, 6.45) is 3.43. The molecule has 0 aromatic rings. The summed E-state index contributed by atoms with van der Waals surface area (Å²) in [6.45, 7) is 6.07. The fraction of sp³-hybridized carbons (Fsp3) is 1.00. The predicted molar refractivity (Wildman–Crippen MR) is 55.6 cm³/mol. The smallest absolute Gasteiger partial charge is 0.0620 e. The van der Waals surface area contributed by atoms with Crippen LogP contribution in [0.1, 0.15) is 40.0 Å².